The summed E-state index contributed by atoms with van der Waals surface area (Å²) in [6, 6.07) is 0. The highest BCUT2D eigenvalue weighted by Crippen LogP contribution is 2.69. The molecule has 3 aliphatic heterocycles. The second-order valence-corrected chi connectivity index (χ2v) is 17.6. The predicted octanol–water partition coefficient (Wildman–Crippen LogP) is 4.44. The summed E-state index contributed by atoms with van der Waals surface area (Å²) in [6.07, 6.45) is -0.373. The summed E-state index contributed by atoms with van der Waals surface area (Å²) < 4.78 is 74.1. The molecular formula is C18H36NO9P3. The molecule has 0 spiro atoms. The molecule has 0 saturated carbocycles. The highest BCUT2D eigenvalue weighted by molar-refractivity contribution is 7.61. The standard InChI is InChI=1S/C18H36NO9P3/c1-16(2)8-23-29(20,24-9-16)7-14(30(21)25-10-17(3,4)11-26-30)15(19)31(22)27-12-18(5,6)13-28-31/h14-15H,7-13,19H2,1-6H3. The highest BCUT2D eigenvalue weighted by Gasteiger charge is 2.56. The van der Waals surface area contributed by atoms with Crippen molar-refractivity contribution in [2.24, 2.45) is 22.0 Å². The normalized spacial score (nSPS) is 32.6. The molecule has 3 rings (SSSR count). The van der Waals surface area contributed by atoms with Crippen molar-refractivity contribution in [1.29, 1.82) is 0 Å². The van der Waals surface area contributed by atoms with Crippen LogP contribution in [0.4, 0.5) is 0 Å². The van der Waals surface area contributed by atoms with Crippen LogP contribution in [0, 0.1) is 16.2 Å². The van der Waals surface area contributed by atoms with E-state index in [1.165, 1.54) is 0 Å². The van der Waals surface area contributed by atoms with Gasteiger partial charge in [-0.25, -0.2) is 0 Å². The molecular weight excluding hydrogens is 467 g/mol. The van der Waals surface area contributed by atoms with Crippen LogP contribution in [-0.4, -0.2) is 57.2 Å². The minimum Gasteiger partial charge on any atom is -0.317 e. The van der Waals surface area contributed by atoms with Gasteiger partial charge in [-0.1, -0.05) is 41.5 Å². The van der Waals surface area contributed by atoms with E-state index in [0.717, 1.165) is 0 Å². The van der Waals surface area contributed by atoms with Gasteiger partial charge in [0.2, 0.25) is 0 Å². The van der Waals surface area contributed by atoms with Crippen molar-refractivity contribution in [3.63, 3.8) is 0 Å². The molecule has 0 aromatic carbocycles. The maximum atomic E-state index is 13.7. The third-order valence-corrected chi connectivity index (χ3v) is 12.2. The van der Waals surface area contributed by atoms with Crippen LogP contribution in [0.2, 0.25) is 0 Å². The van der Waals surface area contributed by atoms with E-state index in [4.69, 9.17) is 32.9 Å². The molecule has 2 atom stereocenters. The first-order valence-electron chi connectivity index (χ1n) is 10.4. The predicted molar refractivity (Wildman–Crippen MR) is 117 cm³/mol. The van der Waals surface area contributed by atoms with Crippen LogP contribution in [0.1, 0.15) is 41.5 Å². The monoisotopic (exact) mass is 503 g/mol. The lowest BCUT2D eigenvalue weighted by atomic mass is 9.97. The van der Waals surface area contributed by atoms with Gasteiger partial charge in [0.1, 0.15) is 5.78 Å². The number of hydrogen-bond donors (Lipinski definition) is 1. The van der Waals surface area contributed by atoms with Crippen LogP contribution in [-0.2, 0) is 40.8 Å². The van der Waals surface area contributed by atoms with Gasteiger partial charge in [0.05, 0.1) is 51.5 Å². The Bertz CT molecular complexity index is 786. The van der Waals surface area contributed by atoms with Gasteiger partial charge >= 0.3 is 22.8 Å². The summed E-state index contributed by atoms with van der Waals surface area (Å²) in [5.41, 5.74) is 4.09. The average Bonchev–Trinajstić information content (AvgIpc) is 2.68. The van der Waals surface area contributed by atoms with Gasteiger partial charge in [0.15, 0.2) is 0 Å². The Labute approximate surface area is 184 Å². The zero-order valence-corrected chi connectivity index (χ0v) is 21.9. The van der Waals surface area contributed by atoms with Crippen molar-refractivity contribution >= 4 is 22.8 Å². The lowest BCUT2D eigenvalue weighted by Crippen LogP contribution is -2.45. The summed E-state index contributed by atoms with van der Waals surface area (Å²) in [5.74, 6) is -1.39. The van der Waals surface area contributed by atoms with E-state index in [-0.39, 0.29) is 62.0 Å². The van der Waals surface area contributed by atoms with Crippen molar-refractivity contribution in [1.82, 2.24) is 0 Å². The van der Waals surface area contributed by atoms with Crippen molar-refractivity contribution in [2.75, 3.05) is 45.8 Å². The topological polar surface area (TPSA) is 133 Å². The lowest BCUT2D eigenvalue weighted by Gasteiger charge is -2.43. The molecule has 0 aliphatic carbocycles. The fourth-order valence-electron chi connectivity index (χ4n) is 3.15. The van der Waals surface area contributed by atoms with Crippen molar-refractivity contribution < 1.29 is 40.8 Å². The summed E-state index contributed by atoms with van der Waals surface area (Å²) in [4.78, 5) is 0. The molecule has 0 bridgehead atoms. The van der Waals surface area contributed by atoms with Crippen LogP contribution >= 0.6 is 22.8 Å². The zero-order valence-electron chi connectivity index (χ0n) is 19.2. The molecule has 3 fully saturated rings. The van der Waals surface area contributed by atoms with Gasteiger partial charge in [0, 0.05) is 16.2 Å². The van der Waals surface area contributed by atoms with Gasteiger partial charge in [-0.15, -0.1) is 0 Å². The fourth-order valence-corrected chi connectivity index (χ4v) is 11.6. The van der Waals surface area contributed by atoms with E-state index in [1.807, 2.05) is 41.5 Å². The second-order valence-electron chi connectivity index (χ2n) is 11.1. The van der Waals surface area contributed by atoms with Gasteiger partial charge in [0.25, 0.3) is 0 Å². The van der Waals surface area contributed by atoms with Crippen LogP contribution in [0.5, 0.6) is 0 Å². The molecule has 31 heavy (non-hydrogen) atoms. The van der Waals surface area contributed by atoms with E-state index < -0.39 is 34.2 Å². The Morgan fingerprint density at radius 3 is 1.35 bits per heavy atom. The third kappa shape index (κ3) is 6.10. The SMILES string of the molecule is CC1(C)COP(=O)(CC(C(N)P2(=O)OCC(C)(C)CO2)P2(=O)OCC(C)(C)CO2)OC1. The smallest absolute Gasteiger partial charge is 0.317 e. The minimum absolute atomic E-state index is 0.144. The number of hydrogen-bond acceptors (Lipinski definition) is 10. The van der Waals surface area contributed by atoms with Gasteiger partial charge < -0.3 is 32.9 Å². The Morgan fingerprint density at radius 1 is 0.645 bits per heavy atom. The van der Waals surface area contributed by atoms with Gasteiger partial charge in [-0.05, 0) is 0 Å². The third-order valence-electron chi connectivity index (χ3n) is 5.42. The summed E-state index contributed by atoms with van der Waals surface area (Å²) in [5, 5.41) is 0. The van der Waals surface area contributed by atoms with Crippen molar-refractivity contribution in [2.45, 2.75) is 53.0 Å². The first-order valence-corrected chi connectivity index (χ1v) is 15.4. The van der Waals surface area contributed by atoms with E-state index in [9.17, 15) is 13.7 Å². The molecule has 3 heterocycles. The first kappa shape index (κ1) is 26.0. The molecule has 3 aliphatic rings. The summed E-state index contributed by atoms with van der Waals surface area (Å²) in [7, 11) is -11.5. The highest BCUT2D eigenvalue weighted by atomic mass is 31.2. The molecule has 2 N–H and O–H groups in total. The number of nitrogens with two attached hydrogens (primary N) is 1. The first-order chi connectivity index (χ1) is 14.0. The number of rotatable bonds is 5. The van der Waals surface area contributed by atoms with Crippen LogP contribution in [0.25, 0.3) is 0 Å². The quantitative estimate of drug-likeness (QED) is 0.537. The van der Waals surface area contributed by atoms with Crippen LogP contribution in [0.15, 0.2) is 0 Å². The Kier molecular flexibility index (Phi) is 7.19. The maximum absolute atomic E-state index is 13.7. The molecule has 10 nitrogen and oxygen atoms in total. The van der Waals surface area contributed by atoms with Gasteiger partial charge in [-0.2, -0.15) is 0 Å². The molecule has 0 amide bonds. The zero-order chi connectivity index (χ0) is 23.3. The molecule has 182 valence electrons. The Balaban J connectivity index is 1.87. The molecule has 13 heteroatoms. The Hall–Kier alpha value is 0.410. The molecule has 0 aromatic heterocycles. The summed E-state index contributed by atoms with van der Waals surface area (Å²) >= 11 is 0. The van der Waals surface area contributed by atoms with Crippen molar-refractivity contribution in [3.05, 3.63) is 0 Å². The molecule has 0 aromatic rings. The molecule has 2 unspecified atom stereocenters. The maximum Gasteiger partial charge on any atom is 0.348 e. The van der Waals surface area contributed by atoms with Crippen LogP contribution < -0.4 is 5.73 Å². The summed E-state index contributed by atoms with van der Waals surface area (Å²) in [6.45, 7) is 12.4. The molecule has 3 saturated heterocycles. The van der Waals surface area contributed by atoms with E-state index >= 15 is 0 Å². The average molecular weight is 503 g/mol. The van der Waals surface area contributed by atoms with Gasteiger partial charge in [-0.3, -0.25) is 13.7 Å². The lowest BCUT2D eigenvalue weighted by molar-refractivity contribution is 0.0282. The van der Waals surface area contributed by atoms with Crippen LogP contribution in [0.3, 0.4) is 0 Å². The fraction of sp³-hybridized carbons (Fsp3) is 1.00. The largest absolute Gasteiger partial charge is 0.348 e. The van der Waals surface area contributed by atoms with E-state index in [1.54, 1.807) is 0 Å². The van der Waals surface area contributed by atoms with E-state index in [0.29, 0.717) is 0 Å². The molecule has 0 radical (unpaired) electrons. The van der Waals surface area contributed by atoms with Crippen molar-refractivity contribution in [3.8, 4) is 0 Å². The second kappa shape index (κ2) is 8.57. The van der Waals surface area contributed by atoms with E-state index in [2.05, 4.69) is 0 Å². The Morgan fingerprint density at radius 2 is 0.968 bits per heavy atom. The minimum atomic E-state index is -3.93.